The molecular weight excluding hydrogens is 386 g/mol. The number of piperazine rings is 1. The summed E-state index contributed by atoms with van der Waals surface area (Å²) in [6.07, 6.45) is 6.87. The highest BCUT2D eigenvalue weighted by molar-refractivity contribution is 5.68. The number of pyridine rings is 1. The van der Waals surface area contributed by atoms with E-state index in [0.29, 0.717) is 12.1 Å². The third kappa shape index (κ3) is 3.31. The fraction of sp³-hybridized carbons (Fsp3) is 0.292. The second-order valence-electron chi connectivity index (χ2n) is 8.45. The van der Waals surface area contributed by atoms with Gasteiger partial charge in [-0.25, -0.2) is 15.0 Å². The Morgan fingerprint density at radius 2 is 2.00 bits per heavy atom. The number of nitrogens with zero attached hydrogens (tertiary/aromatic N) is 5. The van der Waals surface area contributed by atoms with E-state index in [-0.39, 0.29) is 6.04 Å². The summed E-state index contributed by atoms with van der Waals surface area (Å²) in [6, 6.07) is 17.8. The summed E-state index contributed by atoms with van der Waals surface area (Å²) >= 11 is 0. The van der Waals surface area contributed by atoms with E-state index in [0.717, 1.165) is 41.8 Å². The van der Waals surface area contributed by atoms with Crippen LogP contribution in [0, 0.1) is 0 Å². The molecule has 2 N–H and O–H groups in total. The number of rotatable bonds is 5. The molecule has 0 amide bonds. The summed E-state index contributed by atoms with van der Waals surface area (Å²) in [6.45, 7) is 4.16. The van der Waals surface area contributed by atoms with Gasteiger partial charge in [0.15, 0.2) is 0 Å². The van der Waals surface area contributed by atoms with Gasteiger partial charge in [-0.05, 0) is 31.0 Å². The molecule has 2 aliphatic rings. The second kappa shape index (κ2) is 7.35. The van der Waals surface area contributed by atoms with Crippen LogP contribution in [0.15, 0.2) is 67.1 Å². The van der Waals surface area contributed by atoms with Gasteiger partial charge in [0, 0.05) is 61.4 Å². The number of imidazole rings is 1. The van der Waals surface area contributed by atoms with E-state index in [1.807, 2.05) is 30.7 Å². The van der Waals surface area contributed by atoms with Gasteiger partial charge in [-0.1, -0.05) is 30.3 Å². The van der Waals surface area contributed by atoms with Gasteiger partial charge in [0.05, 0.1) is 5.69 Å². The fourth-order valence-corrected chi connectivity index (χ4v) is 4.78. The molecule has 2 aliphatic heterocycles. The normalized spacial score (nSPS) is 21.0. The minimum Gasteiger partial charge on any atom is -0.364 e. The van der Waals surface area contributed by atoms with Crippen molar-refractivity contribution in [3.05, 3.63) is 72.7 Å². The van der Waals surface area contributed by atoms with Gasteiger partial charge >= 0.3 is 0 Å². The Balaban J connectivity index is 1.34. The van der Waals surface area contributed by atoms with E-state index in [4.69, 9.17) is 4.98 Å². The van der Waals surface area contributed by atoms with Crippen LogP contribution in [-0.2, 0) is 0 Å². The number of hydrogen-bond acceptors (Lipinski definition) is 6. The molecule has 5 heterocycles. The van der Waals surface area contributed by atoms with Crippen molar-refractivity contribution >= 4 is 17.4 Å². The minimum atomic E-state index is 0.162. The number of fused-ring (bicyclic) bond motifs is 3. The van der Waals surface area contributed by atoms with Crippen LogP contribution in [0.2, 0.25) is 0 Å². The first-order chi connectivity index (χ1) is 15.2. The molecule has 0 radical (unpaired) electrons. The molecule has 7 heteroatoms. The molecule has 7 nitrogen and oxygen atoms in total. The summed E-state index contributed by atoms with van der Waals surface area (Å²) in [5.41, 5.74) is 4.10. The Labute approximate surface area is 181 Å². The van der Waals surface area contributed by atoms with E-state index in [1.54, 1.807) is 0 Å². The van der Waals surface area contributed by atoms with Crippen molar-refractivity contribution in [2.24, 2.45) is 0 Å². The standard InChI is InChI=1S/C24H25N7/c1-16(17-5-3-2-4-6-17)28-22-11-18(7-8-25-22)21-13-23-26-9-10-30(23)24(29-21)31-15-19-12-20(31)14-27-19/h2-11,13,16,19-20,27H,12,14-15H2,1H3,(H,25,28)/t16?,19?,20-/m1/s1. The van der Waals surface area contributed by atoms with Gasteiger partial charge < -0.3 is 15.5 Å². The van der Waals surface area contributed by atoms with E-state index < -0.39 is 0 Å². The van der Waals surface area contributed by atoms with Crippen molar-refractivity contribution in [3.8, 4) is 11.3 Å². The lowest BCUT2D eigenvalue weighted by Crippen LogP contribution is -2.44. The van der Waals surface area contributed by atoms with Crippen molar-refractivity contribution in [1.29, 1.82) is 0 Å². The predicted molar refractivity (Wildman–Crippen MR) is 122 cm³/mol. The number of hydrogen-bond donors (Lipinski definition) is 2. The first-order valence-corrected chi connectivity index (χ1v) is 10.9. The third-order valence-corrected chi connectivity index (χ3v) is 6.40. The predicted octanol–water partition coefficient (Wildman–Crippen LogP) is 3.51. The van der Waals surface area contributed by atoms with Crippen molar-refractivity contribution in [2.45, 2.75) is 31.5 Å². The maximum Gasteiger partial charge on any atom is 0.212 e. The second-order valence-corrected chi connectivity index (χ2v) is 8.45. The summed E-state index contributed by atoms with van der Waals surface area (Å²) in [4.78, 5) is 16.6. The maximum atomic E-state index is 5.09. The number of benzene rings is 1. The molecule has 0 spiro atoms. The van der Waals surface area contributed by atoms with E-state index in [9.17, 15) is 0 Å². The maximum absolute atomic E-state index is 5.09. The first kappa shape index (κ1) is 18.3. The zero-order valence-electron chi connectivity index (χ0n) is 17.4. The molecule has 2 unspecified atom stereocenters. The average molecular weight is 412 g/mol. The van der Waals surface area contributed by atoms with Crippen LogP contribution < -0.4 is 15.5 Å². The largest absolute Gasteiger partial charge is 0.364 e. The zero-order chi connectivity index (χ0) is 20.8. The molecule has 0 aliphatic carbocycles. The van der Waals surface area contributed by atoms with Crippen molar-refractivity contribution in [3.63, 3.8) is 0 Å². The molecule has 1 aromatic carbocycles. The first-order valence-electron chi connectivity index (χ1n) is 10.9. The molecule has 6 rings (SSSR count). The van der Waals surface area contributed by atoms with Gasteiger partial charge in [0.2, 0.25) is 5.95 Å². The van der Waals surface area contributed by atoms with Gasteiger partial charge in [0.25, 0.3) is 0 Å². The van der Waals surface area contributed by atoms with Crippen LogP contribution in [0.1, 0.15) is 24.9 Å². The molecule has 0 saturated carbocycles. The van der Waals surface area contributed by atoms with E-state index >= 15 is 0 Å². The lowest BCUT2D eigenvalue weighted by Gasteiger charge is -2.29. The van der Waals surface area contributed by atoms with Crippen LogP contribution in [0.3, 0.4) is 0 Å². The number of aromatic nitrogens is 4. The molecule has 31 heavy (non-hydrogen) atoms. The zero-order valence-corrected chi connectivity index (χ0v) is 17.4. The van der Waals surface area contributed by atoms with Gasteiger partial charge in [-0.2, -0.15) is 0 Å². The highest BCUT2D eigenvalue weighted by atomic mass is 15.4. The Bertz CT molecular complexity index is 1220. The van der Waals surface area contributed by atoms with Crippen LogP contribution >= 0.6 is 0 Å². The monoisotopic (exact) mass is 411 g/mol. The van der Waals surface area contributed by atoms with Crippen molar-refractivity contribution in [1.82, 2.24) is 24.7 Å². The van der Waals surface area contributed by atoms with Gasteiger partial charge in [0.1, 0.15) is 11.5 Å². The average Bonchev–Trinajstić information content (AvgIpc) is 3.56. The fourth-order valence-electron chi connectivity index (χ4n) is 4.78. The lowest BCUT2D eigenvalue weighted by molar-refractivity contribution is 0.570. The minimum absolute atomic E-state index is 0.162. The summed E-state index contributed by atoms with van der Waals surface area (Å²) in [7, 11) is 0. The van der Waals surface area contributed by atoms with Crippen LogP contribution in [0.4, 0.5) is 11.8 Å². The highest BCUT2D eigenvalue weighted by Crippen LogP contribution is 2.31. The van der Waals surface area contributed by atoms with Crippen LogP contribution in [0.5, 0.6) is 0 Å². The molecule has 2 bridgehead atoms. The summed E-state index contributed by atoms with van der Waals surface area (Å²) in [5, 5.41) is 7.09. The summed E-state index contributed by atoms with van der Waals surface area (Å²) in [5.74, 6) is 1.81. The van der Waals surface area contributed by atoms with Crippen LogP contribution in [-0.4, -0.2) is 44.5 Å². The Kier molecular flexibility index (Phi) is 4.35. The topological polar surface area (TPSA) is 70.4 Å². The molecule has 156 valence electrons. The SMILES string of the molecule is CC(Nc1cc(-c2cc3nccn3c(N3CC4C[C@@H]3CN4)n2)ccn1)c1ccccc1. The van der Waals surface area contributed by atoms with Crippen molar-refractivity contribution < 1.29 is 0 Å². The molecular formula is C24H25N7. The molecule has 2 saturated heterocycles. The molecule has 2 fully saturated rings. The van der Waals surface area contributed by atoms with E-state index in [2.05, 4.69) is 73.2 Å². The smallest absolute Gasteiger partial charge is 0.212 e. The molecule has 3 aromatic heterocycles. The Morgan fingerprint density at radius 3 is 2.81 bits per heavy atom. The lowest BCUT2D eigenvalue weighted by atomic mass is 10.1. The van der Waals surface area contributed by atoms with Crippen LogP contribution in [0.25, 0.3) is 16.9 Å². The van der Waals surface area contributed by atoms with Crippen molar-refractivity contribution in [2.75, 3.05) is 23.3 Å². The van der Waals surface area contributed by atoms with E-state index in [1.165, 1.54) is 12.0 Å². The molecule has 4 aromatic rings. The third-order valence-electron chi connectivity index (χ3n) is 6.40. The Morgan fingerprint density at radius 1 is 1.10 bits per heavy atom. The number of nitrogens with one attached hydrogen (secondary N) is 2. The molecule has 3 atom stereocenters. The van der Waals surface area contributed by atoms with Gasteiger partial charge in [-0.15, -0.1) is 0 Å². The summed E-state index contributed by atoms with van der Waals surface area (Å²) < 4.78 is 2.10. The van der Waals surface area contributed by atoms with Gasteiger partial charge in [-0.3, -0.25) is 4.40 Å². The quantitative estimate of drug-likeness (QED) is 0.524. The Hall–Kier alpha value is -3.45. The number of anilines is 2. The highest BCUT2D eigenvalue weighted by Gasteiger charge is 2.39.